The molecule has 0 aromatic rings. The summed E-state index contributed by atoms with van der Waals surface area (Å²) in [6.45, 7) is 7.16. The molecule has 0 heterocycles. The number of aliphatic hydroxyl groups excluding tert-OH is 2. The second kappa shape index (κ2) is 10.2. The second-order valence-corrected chi connectivity index (χ2v) is 7.55. The number of rotatable bonds is 9. The van der Waals surface area contributed by atoms with Crippen LogP contribution in [-0.2, 0) is 4.74 Å². The van der Waals surface area contributed by atoms with E-state index in [0.29, 0.717) is 31.8 Å². The molecule has 1 aliphatic rings. The predicted molar refractivity (Wildman–Crippen MR) is 93.2 cm³/mol. The van der Waals surface area contributed by atoms with Crippen LogP contribution in [0.2, 0.25) is 0 Å². The standard InChI is InChI=1S/C19H34O4/c1-15(7-6-9-19(2,3)22)14-23-10-5-4-8-16-11-17(20)13-18(21)12-16/h4-5,8,15,17-18,20-22H,6-7,9-14H2,1-3H3/b5-4+/t15-,17-,18-/m1/s1. The van der Waals surface area contributed by atoms with Crippen LogP contribution in [0, 0.1) is 5.92 Å². The summed E-state index contributed by atoms with van der Waals surface area (Å²) in [7, 11) is 0. The fourth-order valence-electron chi connectivity index (χ4n) is 2.87. The Morgan fingerprint density at radius 1 is 1.26 bits per heavy atom. The molecule has 0 bridgehead atoms. The minimum atomic E-state index is -0.572. The van der Waals surface area contributed by atoms with Crippen LogP contribution >= 0.6 is 0 Å². The van der Waals surface area contributed by atoms with Crippen LogP contribution in [0.4, 0.5) is 0 Å². The van der Waals surface area contributed by atoms with Crippen LogP contribution in [0.15, 0.2) is 23.8 Å². The molecular formula is C19H34O4. The fourth-order valence-corrected chi connectivity index (χ4v) is 2.87. The minimum Gasteiger partial charge on any atom is -0.393 e. The molecule has 3 N–H and O–H groups in total. The van der Waals surface area contributed by atoms with E-state index in [1.165, 1.54) is 0 Å². The zero-order valence-corrected chi connectivity index (χ0v) is 14.9. The first-order chi connectivity index (χ1) is 10.8. The van der Waals surface area contributed by atoms with E-state index in [9.17, 15) is 15.3 Å². The van der Waals surface area contributed by atoms with Gasteiger partial charge < -0.3 is 20.1 Å². The van der Waals surface area contributed by atoms with Crippen LogP contribution < -0.4 is 0 Å². The highest BCUT2D eigenvalue weighted by Crippen LogP contribution is 2.23. The first kappa shape index (κ1) is 20.4. The van der Waals surface area contributed by atoms with Crippen LogP contribution in [0.1, 0.15) is 59.3 Å². The quantitative estimate of drug-likeness (QED) is 0.570. The van der Waals surface area contributed by atoms with Crippen LogP contribution in [0.25, 0.3) is 0 Å². The highest BCUT2D eigenvalue weighted by atomic mass is 16.5. The summed E-state index contributed by atoms with van der Waals surface area (Å²) in [4.78, 5) is 0. The van der Waals surface area contributed by atoms with Gasteiger partial charge in [0, 0.05) is 6.61 Å². The molecule has 0 spiro atoms. The number of aliphatic hydroxyl groups is 3. The zero-order chi connectivity index (χ0) is 17.3. The van der Waals surface area contributed by atoms with Gasteiger partial charge in [-0.05, 0) is 51.9 Å². The van der Waals surface area contributed by atoms with Crippen molar-refractivity contribution in [1.29, 1.82) is 0 Å². The summed E-state index contributed by atoms with van der Waals surface area (Å²) in [5.41, 5.74) is 0.518. The molecule has 0 radical (unpaired) electrons. The molecule has 134 valence electrons. The molecule has 4 heteroatoms. The lowest BCUT2D eigenvalue weighted by Gasteiger charge is -2.24. The van der Waals surface area contributed by atoms with Gasteiger partial charge in [0.1, 0.15) is 0 Å². The Hall–Kier alpha value is -0.680. The first-order valence-corrected chi connectivity index (χ1v) is 8.77. The van der Waals surface area contributed by atoms with Gasteiger partial charge in [0.25, 0.3) is 0 Å². The van der Waals surface area contributed by atoms with Crippen molar-refractivity contribution in [2.75, 3.05) is 13.2 Å². The summed E-state index contributed by atoms with van der Waals surface area (Å²) < 4.78 is 5.63. The Morgan fingerprint density at radius 3 is 2.52 bits per heavy atom. The zero-order valence-electron chi connectivity index (χ0n) is 14.9. The first-order valence-electron chi connectivity index (χ1n) is 8.77. The number of hydrogen-bond donors (Lipinski definition) is 3. The third-order valence-corrected chi connectivity index (χ3v) is 4.11. The molecule has 0 aliphatic heterocycles. The molecule has 3 atom stereocenters. The molecule has 1 fully saturated rings. The van der Waals surface area contributed by atoms with Gasteiger partial charge in [0.2, 0.25) is 0 Å². The van der Waals surface area contributed by atoms with E-state index < -0.39 is 17.8 Å². The number of allylic oxidation sites excluding steroid dienone is 2. The Bertz CT molecular complexity index is 369. The topological polar surface area (TPSA) is 69.9 Å². The second-order valence-electron chi connectivity index (χ2n) is 7.55. The molecule has 0 aromatic heterocycles. The van der Waals surface area contributed by atoms with Gasteiger partial charge in [0.15, 0.2) is 0 Å². The maximum absolute atomic E-state index is 9.67. The SMILES string of the molecule is C[C@H](CCCC(C)(C)O)COC/C=C/C=C1C[C@@H](O)C[C@H](O)C1. The lowest BCUT2D eigenvalue weighted by Crippen LogP contribution is -2.24. The molecule has 0 saturated heterocycles. The van der Waals surface area contributed by atoms with E-state index in [-0.39, 0.29) is 0 Å². The highest BCUT2D eigenvalue weighted by molar-refractivity contribution is 5.16. The van der Waals surface area contributed by atoms with Crippen molar-refractivity contribution in [3.05, 3.63) is 23.8 Å². The average molecular weight is 326 g/mol. The van der Waals surface area contributed by atoms with Crippen molar-refractivity contribution in [3.63, 3.8) is 0 Å². The number of hydrogen-bond acceptors (Lipinski definition) is 4. The van der Waals surface area contributed by atoms with Crippen molar-refractivity contribution in [2.45, 2.75) is 77.1 Å². The third kappa shape index (κ3) is 10.7. The Balaban J connectivity index is 2.12. The molecule has 23 heavy (non-hydrogen) atoms. The normalized spacial score (nSPS) is 24.2. The molecule has 0 unspecified atom stereocenters. The van der Waals surface area contributed by atoms with Crippen LogP contribution in [0.5, 0.6) is 0 Å². The Labute approximate surface area is 140 Å². The molecular weight excluding hydrogens is 292 g/mol. The van der Waals surface area contributed by atoms with Crippen molar-refractivity contribution in [1.82, 2.24) is 0 Å². The lowest BCUT2D eigenvalue weighted by atomic mass is 9.90. The van der Waals surface area contributed by atoms with Crippen LogP contribution in [0.3, 0.4) is 0 Å². The minimum absolute atomic E-state index is 0.417. The molecule has 4 nitrogen and oxygen atoms in total. The molecule has 0 amide bonds. The van der Waals surface area contributed by atoms with Gasteiger partial charge in [0.05, 0.1) is 24.4 Å². The Kier molecular flexibility index (Phi) is 9.07. The van der Waals surface area contributed by atoms with E-state index in [1.54, 1.807) is 0 Å². The summed E-state index contributed by atoms with van der Waals surface area (Å²) in [6.07, 6.45) is 9.73. The van der Waals surface area contributed by atoms with Crippen molar-refractivity contribution in [3.8, 4) is 0 Å². The van der Waals surface area contributed by atoms with E-state index in [4.69, 9.17) is 4.74 Å². The van der Waals surface area contributed by atoms with Crippen LogP contribution in [-0.4, -0.2) is 46.3 Å². The van der Waals surface area contributed by atoms with E-state index in [0.717, 1.165) is 31.4 Å². The van der Waals surface area contributed by atoms with Gasteiger partial charge in [-0.15, -0.1) is 0 Å². The molecule has 1 rings (SSSR count). The molecule has 1 aliphatic carbocycles. The van der Waals surface area contributed by atoms with Gasteiger partial charge in [-0.25, -0.2) is 0 Å². The van der Waals surface area contributed by atoms with E-state index >= 15 is 0 Å². The maximum atomic E-state index is 9.67. The van der Waals surface area contributed by atoms with Gasteiger partial charge in [-0.1, -0.05) is 37.1 Å². The summed E-state index contributed by atoms with van der Waals surface area (Å²) >= 11 is 0. The Morgan fingerprint density at radius 2 is 1.91 bits per heavy atom. The maximum Gasteiger partial charge on any atom is 0.0650 e. The summed E-state index contributed by atoms with van der Waals surface area (Å²) in [5.74, 6) is 0.493. The predicted octanol–water partition coefficient (Wildman–Crippen LogP) is 2.97. The molecule has 1 saturated carbocycles. The van der Waals surface area contributed by atoms with Crippen molar-refractivity contribution >= 4 is 0 Å². The third-order valence-electron chi connectivity index (χ3n) is 4.11. The monoisotopic (exact) mass is 326 g/mol. The van der Waals surface area contributed by atoms with Gasteiger partial charge >= 0.3 is 0 Å². The largest absolute Gasteiger partial charge is 0.393 e. The smallest absolute Gasteiger partial charge is 0.0650 e. The van der Waals surface area contributed by atoms with E-state index in [1.807, 2.05) is 32.1 Å². The summed E-state index contributed by atoms with van der Waals surface area (Å²) in [6, 6.07) is 0. The van der Waals surface area contributed by atoms with Crippen molar-refractivity contribution in [2.24, 2.45) is 5.92 Å². The summed E-state index contributed by atoms with van der Waals surface area (Å²) in [5, 5.41) is 28.9. The average Bonchev–Trinajstić information content (AvgIpc) is 2.40. The lowest BCUT2D eigenvalue weighted by molar-refractivity contribution is 0.0608. The number of ether oxygens (including phenoxy) is 1. The van der Waals surface area contributed by atoms with Gasteiger partial charge in [-0.3, -0.25) is 0 Å². The van der Waals surface area contributed by atoms with Gasteiger partial charge in [-0.2, -0.15) is 0 Å². The molecule has 0 aromatic carbocycles. The fraction of sp³-hybridized carbons (Fsp3) is 0.789. The highest BCUT2D eigenvalue weighted by Gasteiger charge is 2.20. The van der Waals surface area contributed by atoms with E-state index in [2.05, 4.69) is 6.92 Å². The van der Waals surface area contributed by atoms with Crippen molar-refractivity contribution < 1.29 is 20.1 Å².